The molecular formula is C10H8ClNO3. The van der Waals surface area contributed by atoms with Gasteiger partial charge in [-0.1, -0.05) is 18.5 Å². The van der Waals surface area contributed by atoms with Crippen LogP contribution in [0.3, 0.4) is 0 Å². The van der Waals surface area contributed by atoms with E-state index in [0.29, 0.717) is 16.1 Å². The highest BCUT2D eigenvalue weighted by molar-refractivity contribution is 6.31. The second-order valence-corrected chi connectivity index (χ2v) is 3.50. The van der Waals surface area contributed by atoms with Crippen molar-refractivity contribution in [3.63, 3.8) is 0 Å². The molecule has 0 unspecified atom stereocenters. The summed E-state index contributed by atoms with van der Waals surface area (Å²) in [6.45, 7) is 1.68. The quantitative estimate of drug-likeness (QED) is 0.748. The van der Waals surface area contributed by atoms with Gasteiger partial charge in [-0.2, -0.15) is 0 Å². The van der Waals surface area contributed by atoms with E-state index in [4.69, 9.17) is 16.0 Å². The lowest BCUT2D eigenvalue weighted by Gasteiger charge is -1.96. The van der Waals surface area contributed by atoms with E-state index in [1.807, 2.05) is 0 Å². The van der Waals surface area contributed by atoms with Crippen LogP contribution in [0, 0.1) is 0 Å². The Morgan fingerprint density at radius 3 is 2.93 bits per heavy atom. The fourth-order valence-electron chi connectivity index (χ4n) is 1.38. The maximum Gasteiger partial charge on any atom is 0.426 e. The van der Waals surface area contributed by atoms with Crippen molar-refractivity contribution < 1.29 is 9.21 Å². The summed E-state index contributed by atoms with van der Waals surface area (Å²) in [6, 6.07) is 4.71. The zero-order chi connectivity index (χ0) is 11.0. The third-order valence-corrected chi connectivity index (χ3v) is 2.33. The molecule has 0 aliphatic rings. The molecule has 0 saturated heterocycles. The molecule has 0 aliphatic heterocycles. The van der Waals surface area contributed by atoms with Gasteiger partial charge in [0.15, 0.2) is 5.58 Å². The number of carbonyl (C=O) groups is 1. The molecule has 0 atom stereocenters. The van der Waals surface area contributed by atoms with Crippen LogP contribution in [0.25, 0.3) is 11.1 Å². The molecule has 1 aromatic carbocycles. The average Bonchev–Trinajstić information content (AvgIpc) is 2.52. The third-order valence-electron chi connectivity index (χ3n) is 2.09. The maximum atomic E-state index is 11.5. The van der Waals surface area contributed by atoms with Crippen LogP contribution in [0.2, 0.25) is 5.02 Å². The molecule has 5 heteroatoms. The van der Waals surface area contributed by atoms with E-state index in [0.717, 1.165) is 4.57 Å². The Hall–Kier alpha value is -1.55. The fourth-order valence-corrected chi connectivity index (χ4v) is 1.55. The number of nitrogens with zero attached hydrogens (tertiary/aromatic N) is 1. The summed E-state index contributed by atoms with van der Waals surface area (Å²) in [6.07, 6.45) is 0.237. The normalized spacial score (nSPS) is 10.8. The van der Waals surface area contributed by atoms with Gasteiger partial charge in [-0.15, -0.1) is 0 Å². The smallest absolute Gasteiger partial charge is 0.407 e. The summed E-state index contributed by atoms with van der Waals surface area (Å²) in [5, 5.41) is 0.459. The summed E-state index contributed by atoms with van der Waals surface area (Å²) in [5.74, 6) is -0.972. The van der Waals surface area contributed by atoms with Crippen LogP contribution in [0.4, 0.5) is 0 Å². The Bertz CT molecular complexity index is 582. The van der Waals surface area contributed by atoms with E-state index in [1.165, 1.54) is 6.07 Å². The van der Waals surface area contributed by atoms with E-state index in [-0.39, 0.29) is 12.3 Å². The van der Waals surface area contributed by atoms with Crippen LogP contribution >= 0.6 is 11.6 Å². The second kappa shape index (κ2) is 3.55. The first-order valence-corrected chi connectivity index (χ1v) is 4.85. The van der Waals surface area contributed by atoms with E-state index < -0.39 is 5.76 Å². The monoisotopic (exact) mass is 225 g/mol. The minimum absolute atomic E-state index is 0.237. The molecule has 1 heterocycles. The first-order valence-electron chi connectivity index (χ1n) is 4.47. The summed E-state index contributed by atoms with van der Waals surface area (Å²) < 4.78 is 5.91. The highest BCUT2D eigenvalue weighted by Gasteiger charge is 2.14. The van der Waals surface area contributed by atoms with Gasteiger partial charge in [-0.25, -0.2) is 9.36 Å². The van der Waals surface area contributed by atoms with Gasteiger partial charge in [-0.3, -0.25) is 4.79 Å². The van der Waals surface area contributed by atoms with Gasteiger partial charge < -0.3 is 4.42 Å². The van der Waals surface area contributed by atoms with Crippen LogP contribution in [-0.2, 0) is 0 Å². The minimum Gasteiger partial charge on any atom is -0.407 e. The molecule has 0 spiro atoms. The highest BCUT2D eigenvalue weighted by Crippen LogP contribution is 2.18. The predicted octanol–water partition coefficient (Wildman–Crippen LogP) is 2.30. The molecule has 78 valence electrons. The lowest BCUT2D eigenvalue weighted by molar-refractivity contribution is 0.0905. The molecule has 0 fully saturated rings. The number of oxazole rings is 1. The van der Waals surface area contributed by atoms with Crippen molar-refractivity contribution >= 4 is 28.6 Å². The van der Waals surface area contributed by atoms with Crippen molar-refractivity contribution in [2.45, 2.75) is 13.3 Å². The van der Waals surface area contributed by atoms with Crippen LogP contribution in [0.15, 0.2) is 27.4 Å². The zero-order valence-corrected chi connectivity index (χ0v) is 8.75. The van der Waals surface area contributed by atoms with Crippen molar-refractivity contribution in [3.8, 4) is 0 Å². The fraction of sp³-hybridized carbons (Fsp3) is 0.200. The number of benzene rings is 1. The number of hydrogen-bond acceptors (Lipinski definition) is 3. The molecule has 2 aromatic rings. The van der Waals surface area contributed by atoms with E-state index >= 15 is 0 Å². The van der Waals surface area contributed by atoms with Crippen molar-refractivity contribution in [3.05, 3.63) is 33.8 Å². The third kappa shape index (κ3) is 1.57. The van der Waals surface area contributed by atoms with Gasteiger partial charge in [0.2, 0.25) is 5.91 Å². The van der Waals surface area contributed by atoms with Crippen molar-refractivity contribution in [2.24, 2.45) is 0 Å². The molecule has 0 bridgehead atoms. The lowest BCUT2D eigenvalue weighted by atomic mass is 10.3. The number of aromatic nitrogens is 1. The van der Waals surface area contributed by atoms with Crippen LogP contribution in [-0.4, -0.2) is 10.5 Å². The molecule has 1 aromatic heterocycles. The Kier molecular flexibility index (Phi) is 2.36. The molecule has 15 heavy (non-hydrogen) atoms. The van der Waals surface area contributed by atoms with Crippen molar-refractivity contribution in [2.75, 3.05) is 0 Å². The predicted molar refractivity (Wildman–Crippen MR) is 56.4 cm³/mol. The molecular weight excluding hydrogens is 218 g/mol. The SMILES string of the molecule is CCC(=O)n1c(=O)oc2ccc(Cl)cc21. The highest BCUT2D eigenvalue weighted by atomic mass is 35.5. The van der Waals surface area contributed by atoms with Gasteiger partial charge in [-0.05, 0) is 18.2 Å². The summed E-state index contributed by atoms with van der Waals surface area (Å²) in [4.78, 5) is 22.9. The minimum atomic E-state index is -0.667. The molecule has 0 saturated carbocycles. The average molecular weight is 226 g/mol. The first-order chi connectivity index (χ1) is 7.13. The van der Waals surface area contributed by atoms with Crippen LogP contribution < -0.4 is 5.76 Å². The van der Waals surface area contributed by atoms with Gasteiger partial charge in [0.05, 0.1) is 5.52 Å². The van der Waals surface area contributed by atoms with E-state index in [2.05, 4.69) is 0 Å². The maximum absolute atomic E-state index is 11.5. The van der Waals surface area contributed by atoms with Crippen LogP contribution in [0.5, 0.6) is 0 Å². The number of rotatable bonds is 1. The zero-order valence-electron chi connectivity index (χ0n) is 7.99. The molecule has 0 N–H and O–H groups in total. The number of carbonyl (C=O) groups excluding carboxylic acids is 1. The summed E-state index contributed by atoms with van der Waals surface area (Å²) in [5.41, 5.74) is 0.783. The van der Waals surface area contributed by atoms with E-state index in [1.54, 1.807) is 19.1 Å². The Balaban J connectivity index is 2.82. The number of fused-ring (bicyclic) bond motifs is 1. The molecule has 4 nitrogen and oxygen atoms in total. The lowest BCUT2D eigenvalue weighted by Crippen LogP contribution is -2.21. The van der Waals surface area contributed by atoms with E-state index in [9.17, 15) is 9.59 Å². The first kappa shape index (κ1) is 9.98. The van der Waals surface area contributed by atoms with Crippen molar-refractivity contribution in [1.82, 2.24) is 4.57 Å². The number of halogens is 1. The topological polar surface area (TPSA) is 52.2 Å². The van der Waals surface area contributed by atoms with Crippen molar-refractivity contribution in [1.29, 1.82) is 0 Å². The Morgan fingerprint density at radius 2 is 2.27 bits per heavy atom. The molecule has 0 radical (unpaired) electrons. The van der Waals surface area contributed by atoms with Gasteiger partial charge in [0, 0.05) is 11.4 Å². The summed E-state index contributed by atoms with van der Waals surface area (Å²) >= 11 is 5.78. The Labute approximate surface area is 90.1 Å². The van der Waals surface area contributed by atoms with Gasteiger partial charge >= 0.3 is 5.76 Å². The second-order valence-electron chi connectivity index (χ2n) is 3.06. The molecule has 2 rings (SSSR count). The van der Waals surface area contributed by atoms with Gasteiger partial charge in [0.1, 0.15) is 0 Å². The molecule has 0 aliphatic carbocycles. The van der Waals surface area contributed by atoms with Gasteiger partial charge in [0.25, 0.3) is 0 Å². The Morgan fingerprint density at radius 1 is 1.53 bits per heavy atom. The van der Waals surface area contributed by atoms with Crippen LogP contribution in [0.1, 0.15) is 18.1 Å². The largest absolute Gasteiger partial charge is 0.426 e. The summed E-state index contributed by atoms with van der Waals surface area (Å²) in [7, 11) is 0. The molecule has 0 amide bonds. The number of hydrogen-bond donors (Lipinski definition) is 0. The standard InChI is InChI=1S/C10H8ClNO3/c1-2-9(13)12-7-5-6(11)3-4-8(7)15-10(12)14/h3-5H,2H2,1H3.